The van der Waals surface area contributed by atoms with E-state index < -0.39 is 0 Å². The Morgan fingerprint density at radius 2 is 0.920 bits per heavy atom. The maximum Gasteiger partial charge on any atom is 0.143 e. The number of rotatable bonds is 8. The van der Waals surface area contributed by atoms with Gasteiger partial charge in [0.25, 0.3) is 0 Å². The Morgan fingerprint density at radius 3 is 1.28 bits per heavy atom. The molecule has 0 fully saturated rings. The zero-order valence-corrected chi connectivity index (χ0v) is 15.1. The Hall–Kier alpha value is -2.38. The van der Waals surface area contributed by atoms with Crippen LogP contribution in [-0.4, -0.2) is 6.54 Å². The number of nitrogens with zero attached hydrogens (tertiary/aromatic N) is 1. The lowest BCUT2D eigenvalue weighted by molar-refractivity contribution is 0.481. The van der Waals surface area contributed by atoms with Crippen molar-refractivity contribution in [1.82, 2.24) is 4.48 Å². The van der Waals surface area contributed by atoms with Crippen LogP contribution in [0.4, 0.5) is 17.1 Å². The summed E-state index contributed by atoms with van der Waals surface area (Å²) in [7, 11) is 0. The smallest absolute Gasteiger partial charge is 0.143 e. The van der Waals surface area contributed by atoms with E-state index in [9.17, 15) is 0 Å². The fourth-order valence-corrected chi connectivity index (χ4v) is 3.66. The second-order valence-electron chi connectivity index (χ2n) is 6.60. The van der Waals surface area contributed by atoms with Gasteiger partial charge in [-0.3, -0.25) is 0 Å². The number of hydrogen-bond donors (Lipinski definition) is 0. The summed E-state index contributed by atoms with van der Waals surface area (Å²) in [6.45, 7) is 3.35. The average molecular weight is 330 g/mol. The first-order valence-electron chi connectivity index (χ1n) is 9.43. The lowest BCUT2D eigenvalue weighted by Gasteiger charge is -2.37. The summed E-state index contributed by atoms with van der Waals surface area (Å²) in [6, 6.07) is 32.8. The lowest BCUT2D eigenvalue weighted by atomic mass is 10.1. The van der Waals surface area contributed by atoms with Crippen molar-refractivity contribution in [2.75, 3.05) is 6.54 Å². The minimum absolute atomic E-state index is 0.784. The van der Waals surface area contributed by atoms with Crippen molar-refractivity contribution in [3.8, 4) is 0 Å². The lowest BCUT2D eigenvalue weighted by Crippen LogP contribution is -2.39. The molecule has 0 aromatic heterocycles. The molecule has 25 heavy (non-hydrogen) atoms. The Labute approximate surface area is 152 Å². The Bertz CT molecular complexity index is 638. The molecule has 128 valence electrons. The highest BCUT2D eigenvalue weighted by molar-refractivity contribution is 5.70. The molecule has 3 aromatic carbocycles. The largest absolute Gasteiger partial charge is 0.227 e. The molecular formula is C24H28N+. The van der Waals surface area contributed by atoms with E-state index >= 15 is 0 Å². The highest BCUT2D eigenvalue weighted by Gasteiger charge is 2.35. The minimum Gasteiger partial charge on any atom is -0.227 e. The van der Waals surface area contributed by atoms with E-state index in [0.717, 1.165) is 11.0 Å². The van der Waals surface area contributed by atoms with Crippen LogP contribution in [-0.2, 0) is 0 Å². The van der Waals surface area contributed by atoms with Gasteiger partial charge in [0.15, 0.2) is 0 Å². The van der Waals surface area contributed by atoms with E-state index in [4.69, 9.17) is 0 Å². The first-order chi connectivity index (χ1) is 12.4. The molecule has 0 aliphatic rings. The third-order valence-electron chi connectivity index (χ3n) is 4.94. The van der Waals surface area contributed by atoms with Crippen LogP contribution in [0, 0.1) is 0 Å². The summed E-state index contributed by atoms with van der Waals surface area (Å²) in [4.78, 5) is 0. The van der Waals surface area contributed by atoms with E-state index in [0.29, 0.717) is 0 Å². The first-order valence-corrected chi connectivity index (χ1v) is 9.43. The van der Waals surface area contributed by atoms with Crippen LogP contribution in [0.25, 0.3) is 0 Å². The van der Waals surface area contributed by atoms with Crippen molar-refractivity contribution >= 4 is 17.1 Å². The van der Waals surface area contributed by atoms with Crippen molar-refractivity contribution in [3.05, 3.63) is 91.0 Å². The molecule has 0 saturated carbocycles. The van der Waals surface area contributed by atoms with Gasteiger partial charge in [0.05, 0.1) is 6.54 Å². The molecule has 0 N–H and O–H groups in total. The van der Waals surface area contributed by atoms with Gasteiger partial charge in [-0.1, -0.05) is 74.4 Å². The van der Waals surface area contributed by atoms with Crippen molar-refractivity contribution < 1.29 is 0 Å². The van der Waals surface area contributed by atoms with Gasteiger partial charge in [0.1, 0.15) is 17.1 Å². The summed E-state index contributed by atoms with van der Waals surface area (Å²) >= 11 is 0. The normalized spacial score (nSPS) is 11.4. The Kier molecular flexibility index (Phi) is 6.03. The van der Waals surface area contributed by atoms with Gasteiger partial charge in [0, 0.05) is 0 Å². The van der Waals surface area contributed by atoms with Crippen LogP contribution < -0.4 is 4.48 Å². The molecule has 0 radical (unpaired) electrons. The minimum atomic E-state index is 0.784. The molecule has 3 rings (SSSR count). The quantitative estimate of drug-likeness (QED) is 0.302. The van der Waals surface area contributed by atoms with Crippen molar-refractivity contribution in [2.45, 2.75) is 32.6 Å². The fraction of sp³-hybridized carbons (Fsp3) is 0.250. The standard InChI is InChI=1S/C24H28N/c1-2-3-4-14-21-25(22-15-8-5-9-16-22,23-17-10-6-11-18-23)24-19-12-7-13-20-24/h5-13,15-20H,2-4,14,21H2,1H3/q+1. The molecule has 0 saturated heterocycles. The number of quaternary nitrogens is 1. The third kappa shape index (κ3) is 3.83. The maximum atomic E-state index is 2.27. The Balaban J connectivity index is 2.13. The van der Waals surface area contributed by atoms with Gasteiger partial charge in [-0.25, -0.2) is 4.48 Å². The van der Waals surface area contributed by atoms with Gasteiger partial charge in [-0.15, -0.1) is 0 Å². The van der Waals surface area contributed by atoms with Gasteiger partial charge in [-0.05, 0) is 49.2 Å². The van der Waals surface area contributed by atoms with Crippen molar-refractivity contribution in [2.24, 2.45) is 0 Å². The van der Waals surface area contributed by atoms with E-state index in [1.54, 1.807) is 0 Å². The summed E-state index contributed by atoms with van der Waals surface area (Å²) in [5, 5.41) is 0. The topological polar surface area (TPSA) is 0 Å². The van der Waals surface area contributed by atoms with E-state index in [-0.39, 0.29) is 0 Å². The van der Waals surface area contributed by atoms with Gasteiger partial charge >= 0.3 is 0 Å². The predicted octanol–water partition coefficient (Wildman–Crippen LogP) is 7.24. The number of hydrogen-bond acceptors (Lipinski definition) is 0. The molecular weight excluding hydrogens is 302 g/mol. The average Bonchev–Trinajstić information content (AvgIpc) is 2.70. The van der Waals surface area contributed by atoms with Crippen LogP contribution in [0.1, 0.15) is 32.6 Å². The highest BCUT2D eigenvalue weighted by atomic mass is 15.4. The molecule has 0 spiro atoms. The third-order valence-corrected chi connectivity index (χ3v) is 4.94. The highest BCUT2D eigenvalue weighted by Crippen LogP contribution is 2.43. The molecule has 3 aromatic rings. The number of benzene rings is 3. The monoisotopic (exact) mass is 330 g/mol. The van der Waals surface area contributed by atoms with E-state index in [2.05, 4.69) is 97.9 Å². The molecule has 1 nitrogen and oxygen atoms in total. The first kappa shape index (κ1) is 17.4. The van der Waals surface area contributed by atoms with Crippen molar-refractivity contribution in [3.63, 3.8) is 0 Å². The van der Waals surface area contributed by atoms with Gasteiger partial charge in [0.2, 0.25) is 0 Å². The van der Waals surface area contributed by atoms with Gasteiger partial charge < -0.3 is 0 Å². The van der Waals surface area contributed by atoms with Crippen LogP contribution in [0.3, 0.4) is 0 Å². The summed E-state index contributed by atoms with van der Waals surface area (Å²) < 4.78 is 0.784. The fourth-order valence-electron chi connectivity index (χ4n) is 3.66. The molecule has 0 heterocycles. The molecule has 0 atom stereocenters. The second kappa shape index (κ2) is 8.64. The summed E-state index contributed by atoms with van der Waals surface area (Å²) in [5.41, 5.74) is 3.99. The molecule has 0 unspecified atom stereocenters. The number of para-hydroxylation sites is 3. The van der Waals surface area contributed by atoms with Crippen LogP contribution in [0.15, 0.2) is 91.0 Å². The predicted molar refractivity (Wildman–Crippen MR) is 109 cm³/mol. The number of unbranched alkanes of at least 4 members (excludes halogenated alkanes) is 3. The van der Waals surface area contributed by atoms with Gasteiger partial charge in [-0.2, -0.15) is 0 Å². The SMILES string of the molecule is CCCCCC[N+](c1ccccc1)(c1ccccc1)c1ccccc1. The summed E-state index contributed by atoms with van der Waals surface area (Å²) in [6.07, 6.45) is 5.07. The molecule has 1 heteroatoms. The zero-order chi connectivity index (χ0) is 17.4. The van der Waals surface area contributed by atoms with E-state index in [1.807, 2.05) is 0 Å². The molecule has 0 aliphatic heterocycles. The van der Waals surface area contributed by atoms with Crippen LogP contribution >= 0.6 is 0 Å². The molecule has 0 aliphatic carbocycles. The maximum absolute atomic E-state index is 2.27. The zero-order valence-electron chi connectivity index (χ0n) is 15.1. The molecule has 0 bridgehead atoms. The Morgan fingerprint density at radius 1 is 0.520 bits per heavy atom. The van der Waals surface area contributed by atoms with E-state index in [1.165, 1.54) is 42.7 Å². The van der Waals surface area contributed by atoms with Crippen molar-refractivity contribution in [1.29, 1.82) is 0 Å². The van der Waals surface area contributed by atoms with Crippen LogP contribution in [0.5, 0.6) is 0 Å². The molecule has 0 amide bonds. The second-order valence-corrected chi connectivity index (χ2v) is 6.60. The van der Waals surface area contributed by atoms with Crippen LogP contribution in [0.2, 0.25) is 0 Å². The summed E-state index contributed by atoms with van der Waals surface area (Å²) in [5.74, 6) is 0.